The lowest BCUT2D eigenvalue weighted by Gasteiger charge is -2.40. The fourth-order valence-corrected chi connectivity index (χ4v) is 4.07. The summed E-state index contributed by atoms with van der Waals surface area (Å²) >= 11 is 0. The molecule has 0 radical (unpaired) electrons. The normalized spacial score (nSPS) is 19.8. The Bertz CT molecular complexity index is 939. The molecule has 2 N–H and O–H groups in total. The average Bonchev–Trinajstić information content (AvgIpc) is 2.60. The lowest BCUT2D eigenvalue weighted by molar-refractivity contribution is 0.0580. The summed E-state index contributed by atoms with van der Waals surface area (Å²) in [6.45, 7) is 4.01. The maximum Gasteiger partial charge on any atom is 0.254 e. The van der Waals surface area contributed by atoms with Gasteiger partial charge in [0.2, 0.25) is 10.0 Å². The van der Waals surface area contributed by atoms with Gasteiger partial charge in [-0.2, -0.15) is 0 Å². The minimum atomic E-state index is -3.78. The van der Waals surface area contributed by atoms with Gasteiger partial charge in [-0.25, -0.2) is 13.6 Å². The average molecular weight is 374 g/mol. The molecule has 0 saturated carbocycles. The summed E-state index contributed by atoms with van der Waals surface area (Å²) in [6, 6.07) is 11.6. The van der Waals surface area contributed by atoms with Crippen molar-refractivity contribution in [2.24, 2.45) is 5.14 Å². The molecule has 0 saturated heterocycles. The van der Waals surface area contributed by atoms with E-state index in [1.165, 1.54) is 29.8 Å². The third-order valence-electron chi connectivity index (χ3n) is 4.87. The van der Waals surface area contributed by atoms with Crippen molar-refractivity contribution in [1.29, 1.82) is 0 Å². The Morgan fingerprint density at radius 1 is 1.15 bits per heavy atom. The molecule has 2 unspecified atom stereocenters. The van der Waals surface area contributed by atoms with Crippen molar-refractivity contribution >= 4 is 15.9 Å². The zero-order valence-electron chi connectivity index (χ0n) is 15.0. The first-order valence-corrected chi connectivity index (χ1v) is 9.89. The van der Waals surface area contributed by atoms with E-state index in [0.717, 1.165) is 17.7 Å². The van der Waals surface area contributed by atoms with Crippen LogP contribution in [-0.2, 0) is 16.4 Å². The summed E-state index contributed by atoms with van der Waals surface area (Å²) in [6.07, 6.45) is 0.734. The van der Waals surface area contributed by atoms with Gasteiger partial charge in [-0.05, 0) is 67.8 Å². The van der Waals surface area contributed by atoms with Crippen LogP contribution in [0.3, 0.4) is 0 Å². The zero-order valence-corrected chi connectivity index (χ0v) is 15.8. The van der Waals surface area contributed by atoms with Crippen molar-refractivity contribution in [2.75, 3.05) is 7.11 Å². The van der Waals surface area contributed by atoms with Crippen LogP contribution in [0.4, 0.5) is 0 Å². The molecular weight excluding hydrogens is 352 g/mol. The lowest BCUT2D eigenvalue weighted by Crippen LogP contribution is -2.45. The van der Waals surface area contributed by atoms with E-state index in [0.29, 0.717) is 5.56 Å². The van der Waals surface area contributed by atoms with E-state index in [4.69, 9.17) is 9.88 Å². The number of hydrogen-bond acceptors (Lipinski definition) is 4. The number of carbonyl (C=O) groups is 1. The van der Waals surface area contributed by atoms with E-state index in [1.807, 2.05) is 36.9 Å². The lowest BCUT2D eigenvalue weighted by atomic mass is 9.88. The highest BCUT2D eigenvalue weighted by molar-refractivity contribution is 7.89. The number of benzene rings is 2. The molecule has 138 valence electrons. The number of rotatable bonds is 3. The van der Waals surface area contributed by atoms with E-state index in [-0.39, 0.29) is 22.9 Å². The van der Waals surface area contributed by atoms with Gasteiger partial charge in [-0.3, -0.25) is 4.79 Å². The van der Waals surface area contributed by atoms with Crippen molar-refractivity contribution in [3.8, 4) is 5.75 Å². The third-order valence-corrected chi connectivity index (χ3v) is 5.80. The minimum Gasteiger partial charge on any atom is -0.497 e. The fourth-order valence-electron chi connectivity index (χ4n) is 3.55. The van der Waals surface area contributed by atoms with Gasteiger partial charge < -0.3 is 9.64 Å². The molecule has 3 rings (SSSR count). The first-order valence-electron chi connectivity index (χ1n) is 8.34. The van der Waals surface area contributed by atoms with E-state index >= 15 is 0 Å². The summed E-state index contributed by atoms with van der Waals surface area (Å²) in [5.41, 5.74) is 2.71. The third kappa shape index (κ3) is 3.32. The number of ether oxygens (including phenoxy) is 1. The molecule has 2 atom stereocenters. The van der Waals surface area contributed by atoms with Gasteiger partial charge in [0.1, 0.15) is 5.75 Å². The van der Waals surface area contributed by atoms with E-state index < -0.39 is 10.0 Å². The number of fused-ring (bicyclic) bond motifs is 1. The maximum atomic E-state index is 13.0. The second kappa shape index (κ2) is 6.74. The highest BCUT2D eigenvalue weighted by Crippen LogP contribution is 2.35. The molecule has 0 aliphatic carbocycles. The number of methoxy groups -OCH3 is 1. The summed E-state index contributed by atoms with van der Waals surface area (Å²) in [4.78, 5) is 14.9. The fraction of sp³-hybridized carbons (Fsp3) is 0.316. The Morgan fingerprint density at radius 3 is 2.38 bits per heavy atom. The van der Waals surface area contributed by atoms with Gasteiger partial charge in [0.25, 0.3) is 5.91 Å². The Kier molecular flexibility index (Phi) is 4.77. The van der Waals surface area contributed by atoms with E-state index in [1.54, 1.807) is 7.11 Å². The zero-order chi connectivity index (χ0) is 19.1. The van der Waals surface area contributed by atoms with Crippen LogP contribution in [-0.4, -0.2) is 32.4 Å². The Balaban J connectivity index is 1.92. The van der Waals surface area contributed by atoms with Crippen LogP contribution in [0.15, 0.2) is 47.4 Å². The molecule has 2 aromatic carbocycles. The number of sulfonamides is 1. The molecule has 26 heavy (non-hydrogen) atoms. The minimum absolute atomic E-state index is 0.00812. The summed E-state index contributed by atoms with van der Waals surface area (Å²) in [7, 11) is -2.14. The molecule has 1 amide bonds. The number of nitrogens with two attached hydrogens (primary N) is 1. The Hall–Kier alpha value is -2.38. The molecular formula is C19H22N2O4S. The van der Waals surface area contributed by atoms with Crippen LogP contribution in [0, 0.1) is 0 Å². The molecule has 7 heteroatoms. The molecule has 6 nitrogen and oxygen atoms in total. The molecule has 0 bridgehead atoms. The first-order chi connectivity index (χ1) is 12.2. The summed E-state index contributed by atoms with van der Waals surface area (Å²) in [5.74, 6) is 0.675. The molecule has 1 aliphatic rings. The number of carbonyl (C=O) groups excluding carboxylic acids is 1. The molecule has 0 fully saturated rings. The van der Waals surface area contributed by atoms with E-state index in [2.05, 4.69) is 0 Å². The Labute approximate surface area is 153 Å². The number of primary sulfonamides is 1. The van der Waals surface area contributed by atoms with Crippen molar-refractivity contribution in [2.45, 2.75) is 37.2 Å². The van der Waals surface area contributed by atoms with Gasteiger partial charge in [0.15, 0.2) is 0 Å². The second-order valence-corrected chi connectivity index (χ2v) is 8.14. The monoisotopic (exact) mass is 374 g/mol. The predicted molar refractivity (Wildman–Crippen MR) is 98.6 cm³/mol. The predicted octanol–water partition coefficient (Wildman–Crippen LogP) is 2.49. The van der Waals surface area contributed by atoms with Crippen LogP contribution < -0.4 is 9.88 Å². The quantitative estimate of drug-likeness (QED) is 0.894. The highest BCUT2D eigenvalue weighted by atomic mass is 32.2. The second-order valence-electron chi connectivity index (χ2n) is 6.58. The SMILES string of the molecule is COc1ccc2c(c1)CC(C)N(C(=O)c1ccc(S(N)(=O)=O)cc1)C2C. The van der Waals surface area contributed by atoms with Crippen LogP contribution in [0.1, 0.15) is 41.4 Å². The van der Waals surface area contributed by atoms with Gasteiger partial charge in [-0.15, -0.1) is 0 Å². The number of nitrogens with zero attached hydrogens (tertiary/aromatic N) is 1. The molecule has 0 aromatic heterocycles. The topological polar surface area (TPSA) is 89.7 Å². The highest BCUT2D eigenvalue weighted by Gasteiger charge is 2.33. The van der Waals surface area contributed by atoms with Gasteiger partial charge in [-0.1, -0.05) is 6.07 Å². The number of amides is 1. The van der Waals surface area contributed by atoms with Crippen LogP contribution in [0.5, 0.6) is 5.75 Å². The van der Waals surface area contributed by atoms with Crippen LogP contribution in [0.2, 0.25) is 0 Å². The van der Waals surface area contributed by atoms with Crippen molar-refractivity contribution < 1.29 is 17.9 Å². The Morgan fingerprint density at radius 2 is 1.81 bits per heavy atom. The maximum absolute atomic E-state index is 13.0. The van der Waals surface area contributed by atoms with Crippen molar-refractivity contribution in [3.05, 3.63) is 59.2 Å². The van der Waals surface area contributed by atoms with Gasteiger partial charge >= 0.3 is 0 Å². The summed E-state index contributed by atoms with van der Waals surface area (Å²) in [5, 5.41) is 5.11. The molecule has 1 heterocycles. The van der Waals surface area contributed by atoms with Crippen molar-refractivity contribution in [1.82, 2.24) is 4.90 Å². The van der Waals surface area contributed by atoms with Gasteiger partial charge in [0.05, 0.1) is 18.0 Å². The molecule has 2 aromatic rings. The smallest absolute Gasteiger partial charge is 0.254 e. The van der Waals surface area contributed by atoms with Crippen LogP contribution in [0.25, 0.3) is 0 Å². The van der Waals surface area contributed by atoms with Crippen molar-refractivity contribution in [3.63, 3.8) is 0 Å². The standard InChI is InChI=1S/C19H22N2O4S/c1-12-10-15-11-16(25-3)6-9-18(15)13(2)21(12)19(22)14-4-7-17(8-5-14)26(20,23)24/h4-9,11-13H,10H2,1-3H3,(H2,20,23,24). The molecule has 0 spiro atoms. The molecule has 1 aliphatic heterocycles. The largest absolute Gasteiger partial charge is 0.497 e. The van der Waals surface area contributed by atoms with Crippen LogP contribution >= 0.6 is 0 Å². The van der Waals surface area contributed by atoms with E-state index in [9.17, 15) is 13.2 Å². The van der Waals surface area contributed by atoms with Gasteiger partial charge in [0, 0.05) is 11.6 Å². The first kappa shape index (κ1) is 18.4. The summed E-state index contributed by atoms with van der Waals surface area (Å²) < 4.78 is 28.1. The number of hydrogen-bond donors (Lipinski definition) is 1.